The van der Waals surface area contributed by atoms with Gasteiger partial charge in [0.25, 0.3) is 0 Å². The maximum atomic E-state index is 2.38. The maximum absolute atomic E-state index is 2.38. The van der Waals surface area contributed by atoms with E-state index in [1.807, 2.05) is 11.3 Å². The lowest BCUT2D eigenvalue weighted by Gasteiger charge is -2.26. The van der Waals surface area contributed by atoms with Gasteiger partial charge in [0.15, 0.2) is 0 Å². The van der Waals surface area contributed by atoms with E-state index in [1.54, 1.807) is 0 Å². The molecule has 0 bridgehead atoms. The molecule has 3 heteroatoms. The molecule has 0 aliphatic rings. The molecule has 10 rings (SSSR count). The lowest BCUT2D eigenvalue weighted by Crippen LogP contribution is -2.09. The van der Waals surface area contributed by atoms with Gasteiger partial charge in [0.05, 0.1) is 11.0 Å². The summed E-state index contributed by atoms with van der Waals surface area (Å²) < 4.78 is 5.00. The Balaban J connectivity index is 1.06. The zero-order chi connectivity index (χ0) is 33.7. The quantitative estimate of drug-likeness (QED) is 0.171. The molecule has 2 heterocycles. The van der Waals surface area contributed by atoms with E-state index in [1.165, 1.54) is 64.2 Å². The van der Waals surface area contributed by atoms with Crippen molar-refractivity contribution in [3.63, 3.8) is 0 Å². The SMILES string of the molecule is c1ccc(-c2ccc(N(c3ccc(-c4cccc(-n5c6ccccc6c6ccccc65)c4)cc3)c3ccc4sc5ccccc5c4c3)cc2)cc1. The van der Waals surface area contributed by atoms with Crippen LogP contribution in [-0.4, -0.2) is 4.57 Å². The highest BCUT2D eigenvalue weighted by Gasteiger charge is 2.16. The molecule has 0 saturated heterocycles. The predicted octanol–water partition coefficient (Wildman–Crippen LogP) is 14.0. The molecule has 51 heavy (non-hydrogen) atoms. The van der Waals surface area contributed by atoms with E-state index < -0.39 is 0 Å². The first-order chi connectivity index (χ1) is 25.3. The molecule has 0 N–H and O–H groups in total. The van der Waals surface area contributed by atoms with Crippen LogP contribution in [0.25, 0.3) is 69.9 Å². The first kappa shape index (κ1) is 29.5. The van der Waals surface area contributed by atoms with Crippen LogP contribution in [0.3, 0.4) is 0 Å². The Kier molecular flexibility index (Phi) is 7.04. The molecule has 0 fully saturated rings. The van der Waals surface area contributed by atoms with Crippen molar-refractivity contribution in [1.29, 1.82) is 0 Å². The highest BCUT2D eigenvalue weighted by molar-refractivity contribution is 7.25. The van der Waals surface area contributed by atoms with Crippen molar-refractivity contribution in [3.05, 3.63) is 194 Å². The lowest BCUT2D eigenvalue weighted by atomic mass is 10.0. The van der Waals surface area contributed by atoms with Gasteiger partial charge in [-0.2, -0.15) is 0 Å². The molecular weight excluding hydrogens is 637 g/mol. The number of anilines is 3. The van der Waals surface area contributed by atoms with E-state index in [-0.39, 0.29) is 0 Å². The van der Waals surface area contributed by atoms with E-state index in [0.717, 1.165) is 22.7 Å². The fourth-order valence-corrected chi connectivity index (χ4v) is 8.65. The van der Waals surface area contributed by atoms with Crippen molar-refractivity contribution >= 4 is 70.4 Å². The van der Waals surface area contributed by atoms with Gasteiger partial charge in [-0.1, -0.05) is 121 Å². The van der Waals surface area contributed by atoms with E-state index in [4.69, 9.17) is 0 Å². The van der Waals surface area contributed by atoms with Crippen molar-refractivity contribution < 1.29 is 0 Å². The zero-order valence-corrected chi connectivity index (χ0v) is 28.6. The van der Waals surface area contributed by atoms with E-state index >= 15 is 0 Å². The third-order valence-electron chi connectivity index (χ3n) is 9.99. The Hall–Kier alpha value is -6.42. The Morgan fingerprint density at radius 3 is 1.53 bits per heavy atom. The average Bonchev–Trinajstić information content (AvgIpc) is 3.75. The van der Waals surface area contributed by atoms with Crippen LogP contribution in [0.4, 0.5) is 17.1 Å². The summed E-state index contributed by atoms with van der Waals surface area (Å²) in [4.78, 5) is 2.37. The Bertz CT molecular complexity index is 2790. The minimum absolute atomic E-state index is 1.11. The summed E-state index contributed by atoms with van der Waals surface area (Å²) in [5.74, 6) is 0. The van der Waals surface area contributed by atoms with Gasteiger partial charge >= 0.3 is 0 Å². The number of hydrogen-bond donors (Lipinski definition) is 0. The molecule has 0 unspecified atom stereocenters. The smallest absolute Gasteiger partial charge is 0.0541 e. The monoisotopic (exact) mass is 668 g/mol. The maximum Gasteiger partial charge on any atom is 0.0541 e. The van der Waals surface area contributed by atoms with Crippen LogP contribution < -0.4 is 4.90 Å². The molecule has 10 aromatic rings. The molecule has 8 aromatic carbocycles. The van der Waals surface area contributed by atoms with Crippen LogP contribution in [0.15, 0.2) is 194 Å². The van der Waals surface area contributed by atoms with Crippen molar-refractivity contribution in [1.82, 2.24) is 4.57 Å². The highest BCUT2D eigenvalue weighted by atomic mass is 32.1. The number of para-hydroxylation sites is 2. The van der Waals surface area contributed by atoms with E-state index in [0.29, 0.717) is 0 Å². The van der Waals surface area contributed by atoms with Gasteiger partial charge in [0, 0.05) is 53.7 Å². The van der Waals surface area contributed by atoms with Crippen LogP contribution in [0, 0.1) is 0 Å². The average molecular weight is 669 g/mol. The van der Waals surface area contributed by atoms with Gasteiger partial charge < -0.3 is 9.47 Å². The third-order valence-corrected chi connectivity index (χ3v) is 11.1. The molecule has 0 radical (unpaired) electrons. The highest BCUT2D eigenvalue weighted by Crippen LogP contribution is 2.41. The van der Waals surface area contributed by atoms with Gasteiger partial charge in [-0.15, -0.1) is 11.3 Å². The molecule has 0 amide bonds. The molecule has 2 nitrogen and oxygen atoms in total. The molecule has 0 aliphatic heterocycles. The van der Waals surface area contributed by atoms with Gasteiger partial charge in [0.1, 0.15) is 0 Å². The second-order valence-electron chi connectivity index (χ2n) is 13.0. The molecule has 0 atom stereocenters. The zero-order valence-electron chi connectivity index (χ0n) is 27.8. The van der Waals surface area contributed by atoms with Gasteiger partial charge in [-0.3, -0.25) is 0 Å². The molecule has 0 saturated carbocycles. The predicted molar refractivity (Wildman–Crippen MR) is 219 cm³/mol. The summed E-state index contributed by atoms with van der Waals surface area (Å²) in [7, 11) is 0. The van der Waals surface area contributed by atoms with Gasteiger partial charge in [-0.05, 0) is 95.1 Å². The summed E-state index contributed by atoms with van der Waals surface area (Å²) in [5.41, 5.74) is 11.8. The minimum Gasteiger partial charge on any atom is -0.310 e. The number of thiophene rings is 1. The van der Waals surface area contributed by atoms with Gasteiger partial charge in [-0.25, -0.2) is 0 Å². The van der Waals surface area contributed by atoms with Crippen LogP contribution in [0.5, 0.6) is 0 Å². The summed E-state index contributed by atoms with van der Waals surface area (Å²) in [6.45, 7) is 0. The summed E-state index contributed by atoms with van der Waals surface area (Å²) in [5, 5.41) is 5.14. The fraction of sp³-hybridized carbons (Fsp3) is 0. The van der Waals surface area contributed by atoms with Crippen LogP contribution in [0.1, 0.15) is 0 Å². The molecular formula is C48H32N2S. The third kappa shape index (κ3) is 5.10. The number of rotatable bonds is 6. The first-order valence-electron chi connectivity index (χ1n) is 17.3. The Morgan fingerprint density at radius 1 is 0.333 bits per heavy atom. The van der Waals surface area contributed by atoms with Crippen LogP contribution in [0.2, 0.25) is 0 Å². The van der Waals surface area contributed by atoms with Crippen molar-refractivity contribution in [3.8, 4) is 27.9 Å². The van der Waals surface area contributed by atoms with Gasteiger partial charge in [0.2, 0.25) is 0 Å². The van der Waals surface area contributed by atoms with Crippen LogP contribution >= 0.6 is 11.3 Å². The standard InChI is InChI=1S/C48H32N2S/c1-2-11-33(12-3-1)34-21-25-37(26-22-34)49(40-29-30-48-44(32-40)43-17-6-9-20-47(43)51-48)38-27-23-35(24-28-38)36-13-10-14-39(31-36)50-45-18-7-4-15-41(45)42-16-5-8-19-46(42)50/h1-32H. The number of hydrogen-bond acceptors (Lipinski definition) is 2. The number of nitrogens with zero attached hydrogens (tertiary/aromatic N) is 2. The van der Waals surface area contributed by atoms with E-state index in [2.05, 4.69) is 204 Å². The van der Waals surface area contributed by atoms with E-state index in [9.17, 15) is 0 Å². The molecule has 0 aliphatic carbocycles. The second-order valence-corrected chi connectivity index (χ2v) is 14.1. The second kappa shape index (κ2) is 12.2. The first-order valence-corrected chi connectivity index (χ1v) is 18.2. The largest absolute Gasteiger partial charge is 0.310 e. The summed E-state index contributed by atoms with van der Waals surface area (Å²) in [6.07, 6.45) is 0. The normalized spacial score (nSPS) is 11.5. The molecule has 240 valence electrons. The number of fused-ring (bicyclic) bond motifs is 6. The summed E-state index contributed by atoms with van der Waals surface area (Å²) >= 11 is 1.85. The molecule has 0 spiro atoms. The Labute approximate surface area is 300 Å². The Morgan fingerprint density at radius 2 is 0.843 bits per heavy atom. The minimum atomic E-state index is 1.11. The number of benzene rings is 8. The topological polar surface area (TPSA) is 8.17 Å². The van der Waals surface area contributed by atoms with Crippen molar-refractivity contribution in [2.24, 2.45) is 0 Å². The van der Waals surface area contributed by atoms with Crippen molar-refractivity contribution in [2.75, 3.05) is 4.90 Å². The summed E-state index contributed by atoms with van der Waals surface area (Å²) in [6, 6.07) is 70.4. The van der Waals surface area contributed by atoms with Crippen LogP contribution in [-0.2, 0) is 0 Å². The lowest BCUT2D eigenvalue weighted by molar-refractivity contribution is 1.18. The fourth-order valence-electron chi connectivity index (χ4n) is 7.56. The molecule has 2 aromatic heterocycles. The number of aromatic nitrogens is 1. The van der Waals surface area contributed by atoms with Crippen molar-refractivity contribution in [2.45, 2.75) is 0 Å².